The molecule has 16 heteroatoms. The van der Waals surface area contributed by atoms with Crippen molar-refractivity contribution >= 4 is 64.8 Å². The molecule has 5 aliphatic rings. The minimum absolute atomic E-state index is 0.0143. The molecule has 1 aliphatic carbocycles. The summed E-state index contributed by atoms with van der Waals surface area (Å²) in [6, 6.07) is 6.15. The first-order valence-corrected chi connectivity index (χ1v) is 20.5. The Morgan fingerprint density at radius 3 is 2.69 bits per heavy atom. The molecule has 6 heterocycles. The van der Waals surface area contributed by atoms with Gasteiger partial charge in [0.2, 0.25) is 10.0 Å². The standard InChI is InChI=1S/C36H37ClF3N7O3S2/c37-25-12-23-30(29(40)28(25)22-6-7-26(39)31-27(22)24(14-41)32(42)51-31)43-34(50-19-36-9-3-11-46(36)15-20(38)13-36)44-33(23)45-10-2-1-8-35(16-45)17-47(18-35)52(48,49)21-4-5-21/h6-7,12,20-21H,1-5,8-11,13,15-19,42H2/t20-,36+/m1/s1. The van der Waals surface area contributed by atoms with Crippen molar-refractivity contribution in [1.29, 1.82) is 5.26 Å². The Hall–Kier alpha value is -3.42. The van der Waals surface area contributed by atoms with E-state index in [0.717, 1.165) is 50.0 Å². The fourth-order valence-corrected chi connectivity index (χ4v) is 12.4. The summed E-state index contributed by atoms with van der Waals surface area (Å²) in [6.45, 7) is 3.18. The minimum atomic E-state index is -3.31. The number of hydrogen-bond donors (Lipinski definition) is 1. The number of aromatic nitrogens is 2. The highest BCUT2D eigenvalue weighted by atomic mass is 35.5. The van der Waals surface area contributed by atoms with Crippen molar-refractivity contribution in [3.05, 3.63) is 40.4 Å². The number of halogens is 4. The van der Waals surface area contributed by atoms with Gasteiger partial charge in [-0.25, -0.2) is 25.9 Å². The van der Waals surface area contributed by atoms with Crippen LogP contribution in [0, 0.1) is 28.4 Å². The van der Waals surface area contributed by atoms with Crippen LogP contribution < -0.4 is 15.4 Å². The van der Waals surface area contributed by atoms with Gasteiger partial charge in [-0.05, 0) is 62.8 Å². The monoisotopic (exact) mass is 771 g/mol. The second kappa shape index (κ2) is 12.3. The molecule has 1 saturated carbocycles. The highest BCUT2D eigenvalue weighted by Gasteiger charge is 2.53. The fourth-order valence-electron chi connectivity index (χ4n) is 9.13. The number of nitrogens with two attached hydrogens (primary N) is 1. The number of fused-ring (bicyclic) bond motifs is 3. The predicted molar refractivity (Wildman–Crippen MR) is 195 cm³/mol. The number of rotatable bonds is 7. The van der Waals surface area contributed by atoms with Gasteiger partial charge in [-0.15, -0.1) is 11.3 Å². The third-order valence-electron chi connectivity index (χ3n) is 11.8. The van der Waals surface area contributed by atoms with E-state index >= 15 is 4.39 Å². The van der Waals surface area contributed by atoms with Crippen LogP contribution in [0.15, 0.2) is 18.2 Å². The average Bonchev–Trinajstić information content (AvgIpc) is 3.78. The summed E-state index contributed by atoms with van der Waals surface area (Å²) in [5.41, 5.74) is 5.41. The van der Waals surface area contributed by atoms with Crippen molar-refractivity contribution in [1.82, 2.24) is 19.2 Å². The summed E-state index contributed by atoms with van der Waals surface area (Å²) in [5, 5.41) is 10.3. The lowest BCUT2D eigenvalue weighted by Crippen LogP contribution is -2.62. The molecule has 2 aromatic carbocycles. The molecule has 2 aromatic heterocycles. The van der Waals surface area contributed by atoms with Crippen molar-refractivity contribution in [3.8, 4) is 23.2 Å². The molecule has 0 radical (unpaired) electrons. The molecule has 0 amide bonds. The number of benzene rings is 2. The van der Waals surface area contributed by atoms with Gasteiger partial charge in [0.25, 0.3) is 0 Å². The summed E-state index contributed by atoms with van der Waals surface area (Å²) in [6.07, 6.45) is 5.02. The Morgan fingerprint density at radius 2 is 1.92 bits per heavy atom. The van der Waals surface area contributed by atoms with Crippen LogP contribution >= 0.6 is 22.9 Å². The van der Waals surface area contributed by atoms with Gasteiger partial charge in [-0.1, -0.05) is 24.1 Å². The third-order valence-corrected chi connectivity index (χ3v) is 15.4. The van der Waals surface area contributed by atoms with Gasteiger partial charge in [0.15, 0.2) is 5.82 Å². The number of sulfonamides is 1. The van der Waals surface area contributed by atoms with Crippen LogP contribution in [0.5, 0.6) is 6.01 Å². The van der Waals surface area contributed by atoms with Crippen molar-refractivity contribution in [2.45, 2.75) is 68.3 Å². The van der Waals surface area contributed by atoms with E-state index in [1.165, 1.54) is 12.1 Å². The van der Waals surface area contributed by atoms with Gasteiger partial charge in [0.1, 0.15) is 41.0 Å². The van der Waals surface area contributed by atoms with Crippen LogP contribution in [-0.4, -0.2) is 90.4 Å². The molecule has 274 valence electrons. The van der Waals surface area contributed by atoms with Crippen LogP contribution in [0.3, 0.4) is 0 Å². The molecule has 1 spiro atoms. The molecule has 52 heavy (non-hydrogen) atoms. The molecule has 4 saturated heterocycles. The lowest BCUT2D eigenvalue weighted by molar-refractivity contribution is 0.0703. The molecule has 10 nitrogen and oxygen atoms in total. The summed E-state index contributed by atoms with van der Waals surface area (Å²) >= 11 is 7.83. The zero-order valence-corrected chi connectivity index (χ0v) is 30.7. The van der Waals surface area contributed by atoms with Gasteiger partial charge in [0, 0.05) is 60.9 Å². The Labute approximate surface area is 308 Å². The van der Waals surface area contributed by atoms with Crippen LogP contribution in [-0.2, 0) is 10.0 Å². The van der Waals surface area contributed by atoms with Crippen LogP contribution in [0.2, 0.25) is 5.02 Å². The highest BCUT2D eigenvalue weighted by molar-refractivity contribution is 7.90. The lowest BCUT2D eigenvalue weighted by atomic mass is 9.77. The summed E-state index contributed by atoms with van der Waals surface area (Å²) in [5.74, 6) is -0.973. The van der Waals surface area contributed by atoms with Gasteiger partial charge >= 0.3 is 6.01 Å². The lowest BCUT2D eigenvalue weighted by Gasteiger charge is -2.50. The molecule has 5 fully saturated rings. The first-order chi connectivity index (χ1) is 24.9. The number of anilines is 2. The third kappa shape index (κ3) is 5.42. The van der Waals surface area contributed by atoms with Crippen LogP contribution in [0.25, 0.3) is 32.1 Å². The maximum Gasteiger partial charge on any atom is 0.319 e. The number of ether oxygens (including phenoxy) is 1. The zero-order chi connectivity index (χ0) is 36.2. The molecule has 4 aromatic rings. The summed E-state index contributed by atoms with van der Waals surface area (Å²) in [4.78, 5) is 13.7. The van der Waals surface area contributed by atoms with Gasteiger partial charge in [-0.2, -0.15) is 15.2 Å². The molecule has 0 unspecified atom stereocenters. The number of hydrogen-bond acceptors (Lipinski definition) is 10. The SMILES string of the molecule is N#Cc1c(N)sc2c(F)ccc(-c3c(Cl)cc4c(N5CCCCC6(C5)CN(S(=O)(=O)C5CC5)C6)nc(OC[C@@]56CCCN5C[C@H](F)C6)nc4c3F)c12. The van der Waals surface area contributed by atoms with E-state index in [1.54, 1.807) is 10.4 Å². The largest absolute Gasteiger partial charge is 0.461 e. The minimum Gasteiger partial charge on any atom is -0.461 e. The van der Waals surface area contributed by atoms with E-state index in [-0.39, 0.29) is 65.6 Å². The van der Waals surface area contributed by atoms with E-state index in [0.29, 0.717) is 63.2 Å². The fraction of sp³-hybridized carbons (Fsp3) is 0.528. The second-order valence-electron chi connectivity index (χ2n) is 15.3. The second-order valence-corrected chi connectivity index (χ2v) is 19.0. The molecular weight excluding hydrogens is 735 g/mol. The Morgan fingerprint density at radius 1 is 1.12 bits per heavy atom. The zero-order valence-electron chi connectivity index (χ0n) is 28.3. The predicted octanol–water partition coefficient (Wildman–Crippen LogP) is 6.64. The van der Waals surface area contributed by atoms with E-state index in [4.69, 9.17) is 27.1 Å². The first-order valence-electron chi connectivity index (χ1n) is 17.8. The summed E-state index contributed by atoms with van der Waals surface area (Å²) < 4.78 is 80.9. The Kier molecular flexibility index (Phi) is 8.13. The number of thiophene rings is 1. The van der Waals surface area contributed by atoms with E-state index in [9.17, 15) is 22.5 Å². The average molecular weight is 772 g/mol. The first kappa shape index (κ1) is 34.4. The van der Waals surface area contributed by atoms with Gasteiger partial charge in [-0.3, -0.25) is 4.90 Å². The molecule has 2 N–H and O–H groups in total. The number of nitrogen functional groups attached to an aromatic ring is 1. The van der Waals surface area contributed by atoms with Crippen molar-refractivity contribution in [3.63, 3.8) is 0 Å². The van der Waals surface area contributed by atoms with E-state index in [2.05, 4.69) is 14.8 Å². The van der Waals surface area contributed by atoms with Gasteiger partial charge < -0.3 is 15.4 Å². The molecular formula is C36H37ClF3N7O3S2. The van der Waals surface area contributed by atoms with Crippen molar-refractivity contribution in [2.24, 2.45) is 5.41 Å². The maximum atomic E-state index is 17.2. The van der Waals surface area contributed by atoms with Crippen molar-refractivity contribution < 1.29 is 26.3 Å². The number of nitriles is 1. The number of nitrogens with zero attached hydrogens (tertiary/aromatic N) is 6. The molecule has 9 rings (SSSR count). The molecule has 2 atom stereocenters. The summed E-state index contributed by atoms with van der Waals surface area (Å²) in [7, 11) is -3.31. The topological polar surface area (TPSA) is 129 Å². The highest BCUT2D eigenvalue weighted by Crippen LogP contribution is 2.48. The Balaban J connectivity index is 1.16. The van der Waals surface area contributed by atoms with E-state index < -0.39 is 33.4 Å². The molecule has 4 aliphatic heterocycles. The van der Waals surface area contributed by atoms with Crippen LogP contribution in [0.1, 0.15) is 56.9 Å². The quantitative estimate of drug-likeness (QED) is 0.220. The van der Waals surface area contributed by atoms with Crippen molar-refractivity contribution in [2.75, 3.05) is 56.5 Å². The normalized spacial score (nSPS) is 25.1. The molecule has 0 bridgehead atoms. The maximum absolute atomic E-state index is 17.2. The number of alkyl halides is 1. The van der Waals surface area contributed by atoms with E-state index in [1.807, 2.05) is 6.07 Å². The Bertz CT molecular complexity index is 2290. The van der Waals surface area contributed by atoms with Crippen LogP contribution in [0.4, 0.5) is 24.0 Å². The smallest absolute Gasteiger partial charge is 0.319 e. The van der Waals surface area contributed by atoms with Gasteiger partial charge in [0.05, 0.1) is 26.1 Å².